The number of hydrogen-bond donors (Lipinski definition) is 1. The fourth-order valence-electron chi connectivity index (χ4n) is 4.96. The fourth-order valence-corrected chi connectivity index (χ4v) is 4.96. The van der Waals surface area contributed by atoms with E-state index in [4.69, 9.17) is 9.47 Å². The Hall–Kier alpha value is -3.98. The molecule has 0 amide bonds. The van der Waals surface area contributed by atoms with Crippen molar-refractivity contribution in [2.75, 3.05) is 19.0 Å². The number of aryl methyl sites for hydroxylation is 3. The molecule has 0 saturated heterocycles. The van der Waals surface area contributed by atoms with E-state index in [1.54, 1.807) is 7.11 Å². The quantitative estimate of drug-likeness (QED) is 0.285. The summed E-state index contributed by atoms with van der Waals surface area (Å²) in [4.78, 5) is 0. The maximum Gasteiger partial charge on any atom is 0.120 e. The summed E-state index contributed by atoms with van der Waals surface area (Å²) in [5.41, 5.74) is 10.3. The van der Waals surface area contributed by atoms with Crippen LogP contribution in [0.5, 0.6) is 11.5 Å². The number of ether oxygens (including phenoxy) is 2. The average molecular weight is 476 g/mol. The minimum Gasteiger partial charge on any atom is -0.497 e. The third kappa shape index (κ3) is 5.31. The summed E-state index contributed by atoms with van der Waals surface area (Å²) >= 11 is 0. The lowest BCUT2D eigenvalue weighted by Crippen LogP contribution is -2.13. The molecular weight excluding hydrogens is 442 g/mol. The Balaban J connectivity index is 1.49. The fraction of sp³-hybridized carbons (Fsp3) is 0.212. The van der Waals surface area contributed by atoms with Crippen LogP contribution in [-0.2, 0) is 25.8 Å². The Bertz CT molecular complexity index is 1340. The molecule has 3 nitrogen and oxygen atoms in total. The normalized spacial score (nSPS) is 13.8. The smallest absolute Gasteiger partial charge is 0.120 e. The first-order valence-corrected chi connectivity index (χ1v) is 12.7. The number of para-hydroxylation sites is 1. The van der Waals surface area contributed by atoms with E-state index in [0.717, 1.165) is 37.3 Å². The van der Waals surface area contributed by atoms with Crippen LogP contribution in [0.3, 0.4) is 0 Å². The van der Waals surface area contributed by atoms with Gasteiger partial charge in [-0.3, -0.25) is 0 Å². The van der Waals surface area contributed by atoms with E-state index in [0.29, 0.717) is 6.61 Å². The van der Waals surface area contributed by atoms with Crippen molar-refractivity contribution in [3.05, 3.63) is 124 Å². The van der Waals surface area contributed by atoms with E-state index in [2.05, 4.69) is 85.0 Å². The number of fused-ring (bicyclic) bond motifs is 2. The van der Waals surface area contributed by atoms with E-state index >= 15 is 0 Å². The summed E-state index contributed by atoms with van der Waals surface area (Å²) in [7, 11) is 1.68. The van der Waals surface area contributed by atoms with Crippen LogP contribution in [0.2, 0.25) is 0 Å². The van der Waals surface area contributed by atoms with Gasteiger partial charge in [-0.05, 0) is 88.6 Å². The molecule has 182 valence electrons. The van der Waals surface area contributed by atoms with Crippen LogP contribution < -0.4 is 14.8 Å². The van der Waals surface area contributed by atoms with E-state index in [1.165, 1.54) is 44.6 Å². The molecule has 0 unspecified atom stereocenters. The molecule has 4 aromatic carbocycles. The van der Waals surface area contributed by atoms with Gasteiger partial charge in [0.1, 0.15) is 18.1 Å². The molecule has 0 fully saturated rings. The molecule has 36 heavy (non-hydrogen) atoms. The zero-order chi connectivity index (χ0) is 24.7. The monoisotopic (exact) mass is 475 g/mol. The van der Waals surface area contributed by atoms with E-state index in [1.807, 2.05) is 24.3 Å². The first kappa shape index (κ1) is 23.7. The van der Waals surface area contributed by atoms with E-state index < -0.39 is 0 Å². The SMILES string of the molecule is CCc1cccc2c1CNc1c(cccc1CCc1ccccc1)/C=C\2COc1ccc(OC)cc1. The summed E-state index contributed by atoms with van der Waals surface area (Å²) < 4.78 is 11.6. The molecule has 0 radical (unpaired) electrons. The summed E-state index contributed by atoms with van der Waals surface area (Å²) in [6.07, 6.45) is 5.32. The van der Waals surface area contributed by atoms with Crippen molar-refractivity contribution >= 4 is 17.3 Å². The van der Waals surface area contributed by atoms with Gasteiger partial charge >= 0.3 is 0 Å². The molecule has 4 aromatic rings. The number of hydrogen-bond acceptors (Lipinski definition) is 3. The molecule has 3 heteroatoms. The lowest BCUT2D eigenvalue weighted by atomic mass is 9.90. The molecule has 0 aromatic heterocycles. The first-order chi connectivity index (χ1) is 17.7. The second-order valence-electron chi connectivity index (χ2n) is 9.15. The van der Waals surface area contributed by atoms with Gasteiger partial charge in [-0.2, -0.15) is 0 Å². The standard InChI is InChI=1S/C33H33NO2/c1-3-25-11-8-14-31-28(23-36-30-19-17-29(35-2)18-20-30)21-27-13-7-12-26(33(27)34-22-32(25)31)16-15-24-9-5-4-6-10-24/h4-14,17-21,34H,3,15-16,22-23H2,1-2H3/b28-21-. The summed E-state index contributed by atoms with van der Waals surface area (Å²) in [6.45, 7) is 3.53. The minimum atomic E-state index is 0.500. The van der Waals surface area contributed by atoms with Crippen LogP contribution >= 0.6 is 0 Å². The maximum atomic E-state index is 6.28. The summed E-state index contributed by atoms with van der Waals surface area (Å²) in [6, 6.07) is 31.8. The van der Waals surface area contributed by atoms with E-state index in [9.17, 15) is 0 Å². The van der Waals surface area contributed by atoms with Gasteiger partial charge in [-0.25, -0.2) is 0 Å². The molecule has 0 bridgehead atoms. The highest BCUT2D eigenvalue weighted by Crippen LogP contribution is 2.34. The highest BCUT2D eigenvalue weighted by molar-refractivity contribution is 5.89. The van der Waals surface area contributed by atoms with Crippen molar-refractivity contribution in [3.8, 4) is 11.5 Å². The van der Waals surface area contributed by atoms with Crippen LogP contribution in [0.4, 0.5) is 5.69 Å². The predicted octanol–water partition coefficient (Wildman–Crippen LogP) is 7.59. The summed E-state index contributed by atoms with van der Waals surface area (Å²) in [5, 5.41) is 3.81. The second-order valence-corrected chi connectivity index (χ2v) is 9.15. The van der Waals surface area contributed by atoms with Crippen molar-refractivity contribution in [2.24, 2.45) is 0 Å². The number of methoxy groups -OCH3 is 1. The molecule has 1 aliphatic rings. The number of rotatable bonds is 8. The Morgan fingerprint density at radius 2 is 1.50 bits per heavy atom. The third-order valence-electron chi connectivity index (χ3n) is 6.93. The zero-order valence-corrected chi connectivity index (χ0v) is 21.1. The topological polar surface area (TPSA) is 30.5 Å². The van der Waals surface area contributed by atoms with Crippen LogP contribution in [0.15, 0.2) is 91.0 Å². The van der Waals surface area contributed by atoms with Gasteiger partial charge in [0.15, 0.2) is 0 Å². The van der Waals surface area contributed by atoms with Crippen LogP contribution in [0.1, 0.15) is 40.3 Å². The van der Waals surface area contributed by atoms with Crippen molar-refractivity contribution in [3.63, 3.8) is 0 Å². The molecular formula is C33H33NO2. The van der Waals surface area contributed by atoms with Crippen molar-refractivity contribution < 1.29 is 9.47 Å². The van der Waals surface area contributed by atoms with Gasteiger partial charge in [-0.15, -0.1) is 0 Å². The largest absolute Gasteiger partial charge is 0.497 e. The van der Waals surface area contributed by atoms with Crippen LogP contribution in [0.25, 0.3) is 11.6 Å². The molecule has 0 saturated carbocycles. The van der Waals surface area contributed by atoms with Gasteiger partial charge in [0.05, 0.1) is 7.11 Å². The van der Waals surface area contributed by atoms with Crippen molar-refractivity contribution in [1.29, 1.82) is 0 Å². The second kappa shape index (κ2) is 11.2. The Morgan fingerprint density at radius 3 is 2.28 bits per heavy atom. The Labute approximate surface area is 214 Å². The first-order valence-electron chi connectivity index (χ1n) is 12.7. The van der Waals surface area contributed by atoms with Gasteiger partial charge in [0.25, 0.3) is 0 Å². The van der Waals surface area contributed by atoms with Gasteiger partial charge < -0.3 is 14.8 Å². The molecule has 0 aliphatic carbocycles. The molecule has 0 spiro atoms. The number of benzene rings is 4. The van der Waals surface area contributed by atoms with Gasteiger partial charge in [-0.1, -0.05) is 73.7 Å². The molecule has 1 heterocycles. The maximum absolute atomic E-state index is 6.28. The Kier molecular flexibility index (Phi) is 7.37. The van der Waals surface area contributed by atoms with Gasteiger partial charge in [0.2, 0.25) is 0 Å². The highest BCUT2D eigenvalue weighted by Gasteiger charge is 2.18. The average Bonchev–Trinajstić information content (AvgIpc) is 2.93. The van der Waals surface area contributed by atoms with E-state index in [-0.39, 0.29) is 0 Å². The molecule has 5 rings (SSSR count). The zero-order valence-electron chi connectivity index (χ0n) is 21.1. The highest BCUT2D eigenvalue weighted by atomic mass is 16.5. The van der Waals surface area contributed by atoms with Crippen molar-refractivity contribution in [1.82, 2.24) is 0 Å². The van der Waals surface area contributed by atoms with Crippen molar-refractivity contribution in [2.45, 2.75) is 32.7 Å². The summed E-state index contributed by atoms with van der Waals surface area (Å²) in [5.74, 6) is 1.66. The lowest BCUT2D eigenvalue weighted by Gasteiger charge is -2.24. The molecule has 1 N–H and O–H groups in total. The predicted molar refractivity (Wildman–Crippen MR) is 150 cm³/mol. The molecule has 1 aliphatic heterocycles. The minimum absolute atomic E-state index is 0.500. The lowest BCUT2D eigenvalue weighted by molar-refractivity contribution is 0.368. The van der Waals surface area contributed by atoms with Gasteiger partial charge in [0, 0.05) is 12.2 Å². The third-order valence-corrected chi connectivity index (χ3v) is 6.93. The van der Waals surface area contributed by atoms with Crippen LogP contribution in [-0.4, -0.2) is 13.7 Å². The molecule has 0 atom stereocenters. The number of anilines is 1. The Morgan fingerprint density at radius 1 is 0.750 bits per heavy atom. The number of nitrogens with one attached hydrogen (secondary N) is 1. The van der Waals surface area contributed by atoms with Crippen LogP contribution in [0, 0.1) is 0 Å².